The first kappa shape index (κ1) is 26.2. The van der Waals surface area contributed by atoms with Gasteiger partial charge in [-0.25, -0.2) is 0 Å². The number of hydrogen-bond acceptors (Lipinski definition) is 1. The van der Waals surface area contributed by atoms with Crippen molar-refractivity contribution in [1.29, 1.82) is 0 Å². The molecule has 1 heteroatoms. The van der Waals surface area contributed by atoms with Gasteiger partial charge in [0.2, 0.25) is 0 Å². The maximum absolute atomic E-state index is 2.43. The monoisotopic (exact) mass is 563 g/mol. The van der Waals surface area contributed by atoms with Crippen LogP contribution in [0, 0.1) is 0 Å². The van der Waals surface area contributed by atoms with Crippen molar-refractivity contribution in [2.75, 3.05) is 4.90 Å². The molecule has 1 aliphatic rings. The number of nitrogens with zero attached hydrogens (tertiary/aromatic N) is 1. The molecule has 0 saturated heterocycles. The Morgan fingerprint density at radius 3 is 1.75 bits per heavy atom. The smallest absolute Gasteiger partial charge is 0.0546 e. The van der Waals surface area contributed by atoms with E-state index in [1.54, 1.807) is 0 Å². The average Bonchev–Trinajstić information content (AvgIpc) is 3.31. The van der Waals surface area contributed by atoms with E-state index in [1.165, 1.54) is 61.0 Å². The van der Waals surface area contributed by atoms with Crippen LogP contribution in [-0.4, -0.2) is 0 Å². The molecule has 7 aromatic carbocycles. The van der Waals surface area contributed by atoms with Crippen molar-refractivity contribution in [2.45, 2.75) is 19.3 Å². The van der Waals surface area contributed by atoms with E-state index in [0.29, 0.717) is 0 Å². The predicted molar refractivity (Wildman–Crippen MR) is 187 cm³/mol. The Morgan fingerprint density at radius 2 is 0.977 bits per heavy atom. The number of fused-ring (bicyclic) bond motifs is 4. The highest BCUT2D eigenvalue weighted by Gasteiger charge is 2.35. The molecule has 0 aliphatic heterocycles. The van der Waals surface area contributed by atoms with Crippen LogP contribution >= 0.6 is 0 Å². The second-order valence-electron chi connectivity index (χ2n) is 12.2. The molecular weight excluding hydrogens is 530 g/mol. The molecule has 7 aromatic rings. The van der Waals surface area contributed by atoms with Crippen LogP contribution < -0.4 is 4.90 Å². The molecule has 0 unspecified atom stereocenters. The van der Waals surface area contributed by atoms with E-state index < -0.39 is 0 Å². The van der Waals surface area contributed by atoms with Crippen LogP contribution in [0.1, 0.15) is 25.0 Å². The van der Waals surface area contributed by atoms with Crippen LogP contribution in [-0.2, 0) is 5.41 Å². The molecule has 0 amide bonds. The summed E-state index contributed by atoms with van der Waals surface area (Å²) in [5.41, 5.74) is 13.8. The number of para-hydroxylation sites is 1. The highest BCUT2D eigenvalue weighted by atomic mass is 15.1. The Balaban J connectivity index is 1.31. The molecule has 1 aliphatic carbocycles. The molecule has 0 heterocycles. The zero-order chi connectivity index (χ0) is 29.7. The van der Waals surface area contributed by atoms with E-state index in [1.807, 2.05) is 0 Å². The molecule has 0 bridgehead atoms. The van der Waals surface area contributed by atoms with Crippen molar-refractivity contribution in [1.82, 2.24) is 0 Å². The first-order chi connectivity index (χ1) is 21.6. The van der Waals surface area contributed by atoms with Gasteiger partial charge in [0.15, 0.2) is 0 Å². The maximum Gasteiger partial charge on any atom is 0.0546 e. The minimum absolute atomic E-state index is 0.0497. The quantitative estimate of drug-likeness (QED) is 0.201. The van der Waals surface area contributed by atoms with Gasteiger partial charge in [-0.2, -0.15) is 0 Å². The predicted octanol–water partition coefficient (Wildman–Crippen LogP) is 11.9. The van der Waals surface area contributed by atoms with Gasteiger partial charge >= 0.3 is 0 Å². The maximum atomic E-state index is 2.43. The fourth-order valence-electron chi connectivity index (χ4n) is 7.06. The highest BCUT2D eigenvalue weighted by molar-refractivity contribution is 6.08. The lowest BCUT2D eigenvalue weighted by atomic mass is 9.81. The summed E-state index contributed by atoms with van der Waals surface area (Å²) in [5, 5.41) is 2.48. The van der Waals surface area contributed by atoms with Crippen LogP contribution in [0.5, 0.6) is 0 Å². The standard InChI is InChI=1S/C43H33N/c1-43(2)39-21-10-9-19-37(39)38-28-25-33(29-40(38)43)36-20-11-15-32-16-12-22-41(42(32)36)44(34-17-7-4-8-18-34)35-26-23-31(24-27-35)30-13-5-3-6-14-30/h3-29H,1-2H3. The van der Waals surface area contributed by atoms with Crippen LogP contribution in [0.25, 0.3) is 44.2 Å². The van der Waals surface area contributed by atoms with E-state index in [0.717, 1.165) is 11.4 Å². The van der Waals surface area contributed by atoms with Crippen LogP contribution in [0.2, 0.25) is 0 Å². The van der Waals surface area contributed by atoms with Gasteiger partial charge < -0.3 is 4.90 Å². The van der Waals surface area contributed by atoms with Gasteiger partial charge in [0.25, 0.3) is 0 Å². The van der Waals surface area contributed by atoms with Crippen molar-refractivity contribution in [3.05, 3.63) is 175 Å². The van der Waals surface area contributed by atoms with Gasteiger partial charge in [-0.15, -0.1) is 0 Å². The second-order valence-corrected chi connectivity index (χ2v) is 12.2. The zero-order valence-corrected chi connectivity index (χ0v) is 25.0. The summed E-state index contributed by atoms with van der Waals surface area (Å²) in [5.74, 6) is 0. The van der Waals surface area contributed by atoms with Crippen LogP contribution in [0.3, 0.4) is 0 Å². The Kier molecular flexibility index (Phi) is 6.20. The summed E-state index contributed by atoms with van der Waals surface area (Å²) < 4.78 is 0. The van der Waals surface area contributed by atoms with Crippen molar-refractivity contribution >= 4 is 27.8 Å². The third-order valence-corrected chi connectivity index (χ3v) is 9.27. The fraction of sp³-hybridized carbons (Fsp3) is 0.0698. The van der Waals surface area contributed by atoms with E-state index >= 15 is 0 Å². The minimum atomic E-state index is -0.0497. The molecule has 1 nitrogen and oxygen atoms in total. The van der Waals surface area contributed by atoms with E-state index in [-0.39, 0.29) is 5.41 Å². The Labute approximate surface area is 259 Å². The Morgan fingerprint density at radius 1 is 0.409 bits per heavy atom. The molecule has 0 spiro atoms. The fourth-order valence-corrected chi connectivity index (χ4v) is 7.06. The third-order valence-electron chi connectivity index (χ3n) is 9.27. The first-order valence-corrected chi connectivity index (χ1v) is 15.4. The molecule has 0 aromatic heterocycles. The molecule has 0 fully saturated rings. The molecule has 8 rings (SSSR count). The summed E-state index contributed by atoms with van der Waals surface area (Å²) in [4.78, 5) is 2.40. The van der Waals surface area contributed by atoms with Crippen molar-refractivity contribution < 1.29 is 0 Å². The summed E-state index contributed by atoms with van der Waals surface area (Å²) in [6.45, 7) is 4.71. The van der Waals surface area contributed by atoms with Crippen LogP contribution in [0.15, 0.2) is 164 Å². The molecule has 0 atom stereocenters. The summed E-state index contributed by atoms with van der Waals surface area (Å²) in [7, 11) is 0. The normalized spacial score (nSPS) is 13.0. The largest absolute Gasteiger partial charge is 0.310 e. The summed E-state index contributed by atoms with van der Waals surface area (Å²) in [6.07, 6.45) is 0. The topological polar surface area (TPSA) is 3.24 Å². The lowest BCUT2D eigenvalue weighted by molar-refractivity contribution is 0.660. The van der Waals surface area contributed by atoms with E-state index in [4.69, 9.17) is 0 Å². The molecule has 44 heavy (non-hydrogen) atoms. The summed E-state index contributed by atoms with van der Waals surface area (Å²) >= 11 is 0. The number of benzene rings is 7. The van der Waals surface area contributed by atoms with Crippen LogP contribution in [0.4, 0.5) is 17.1 Å². The van der Waals surface area contributed by atoms with Gasteiger partial charge in [-0.1, -0.05) is 141 Å². The number of rotatable bonds is 5. The molecular formula is C43H33N. The van der Waals surface area contributed by atoms with Crippen molar-refractivity contribution in [3.63, 3.8) is 0 Å². The molecule has 210 valence electrons. The molecule has 0 N–H and O–H groups in total. The summed E-state index contributed by atoms with van der Waals surface area (Å²) in [6, 6.07) is 59.5. The number of anilines is 3. The van der Waals surface area contributed by atoms with Gasteiger partial charge in [-0.05, 0) is 86.3 Å². The highest BCUT2D eigenvalue weighted by Crippen LogP contribution is 2.50. The van der Waals surface area contributed by atoms with Gasteiger partial charge in [0.1, 0.15) is 0 Å². The zero-order valence-electron chi connectivity index (χ0n) is 25.0. The molecule has 0 saturated carbocycles. The van der Waals surface area contributed by atoms with Crippen molar-refractivity contribution in [3.8, 4) is 33.4 Å². The van der Waals surface area contributed by atoms with Gasteiger partial charge in [-0.3, -0.25) is 0 Å². The van der Waals surface area contributed by atoms with Gasteiger partial charge in [0.05, 0.1) is 5.69 Å². The second kappa shape index (κ2) is 10.4. The van der Waals surface area contributed by atoms with E-state index in [9.17, 15) is 0 Å². The van der Waals surface area contributed by atoms with E-state index in [2.05, 4.69) is 183 Å². The van der Waals surface area contributed by atoms with Gasteiger partial charge in [0, 0.05) is 22.2 Å². The third kappa shape index (κ3) is 4.24. The molecule has 0 radical (unpaired) electrons. The Bertz CT molecular complexity index is 2120. The lowest BCUT2D eigenvalue weighted by Crippen LogP contribution is -2.15. The first-order valence-electron chi connectivity index (χ1n) is 15.4. The SMILES string of the molecule is CC1(C)c2ccccc2-c2ccc(-c3cccc4cccc(N(c5ccccc5)c5ccc(-c6ccccc6)cc5)c34)cc21. The lowest BCUT2D eigenvalue weighted by Gasteiger charge is -2.28. The minimum Gasteiger partial charge on any atom is -0.310 e. The number of hydrogen-bond donors (Lipinski definition) is 0. The Hall–Kier alpha value is -5.40. The average molecular weight is 564 g/mol. The van der Waals surface area contributed by atoms with Crippen molar-refractivity contribution in [2.24, 2.45) is 0 Å².